The second-order valence-corrected chi connectivity index (χ2v) is 5.78. The normalized spacial score (nSPS) is 14.2. The van der Waals surface area contributed by atoms with Gasteiger partial charge in [0.1, 0.15) is 10.1 Å². The molecule has 0 spiro atoms. The first-order valence-corrected chi connectivity index (χ1v) is 6.51. The molecular weight excluding hydrogens is 283 g/mol. The molecule has 1 aromatic carbocycles. The van der Waals surface area contributed by atoms with Crippen molar-refractivity contribution in [3.8, 4) is 11.5 Å². The molecular formula is C11H15NaO6S. The fourth-order valence-electron chi connectivity index (χ4n) is 1.46. The molecule has 102 valence electrons. The number of ether oxygens (including phenoxy) is 2. The molecule has 0 radical (unpaired) electrons. The van der Waals surface area contributed by atoms with Crippen molar-refractivity contribution in [1.82, 2.24) is 0 Å². The third-order valence-corrected chi connectivity index (χ3v) is 3.74. The van der Waals surface area contributed by atoms with Crippen molar-refractivity contribution >= 4 is 10.1 Å². The molecule has 6 nitrogen and oxygen atoms in total. The van der Waals surface area contributed by atoms with Gasteiger partial charge in [-0.3, -0.25) is 0 Å². The summed E-state index contributed by atoms with van der Waals surface area (Å²) in [4.78, 5) is -2.35. The molecule has 0 saturated heterocycles. The first kappa shape index (κ1) is 18.7. The summed E-state index contributed by atoms with van der Waals surface area (Å²) in [6.07, 6.45) is -0.320. The van der Waals surface area contributed by atoms with Gasteiger partial charge in [-0.15, -0.1) is 0 Å². The average molecular weight is 298 g/mol. The van der Waals surface area contributed by atoms with Gasteiger partial charge in [0.15, 0.2) is 16.4 Å². The number of hydrogen-bond donors (Lipinski definition) is 1. The Morgan fingerprint density at radius 2 is 1.79 bits per heavy atom. The Balaban J connectivity index is 0.00000324. The van der Waals surface area contributed by atoms with Crippen molar-refractivity contribution in [1.29, 1.82) is 0 Å². The van der Waals surface area contributed by atoms with E-state index in [2.05, 4.69) is 0 Å². The number of aliphatic hydroxyl groups is 1. The van der Waals surface area contributed by atoms with E-state index in [-0.39, 0.29) is 36.0 Å². The van der Waals surface area contributed by atoms with Crippen molar-refractivity contribution in [2.75, 3.05) is 14.2 Å². The molecule has 0 bridgehead atoms. The smallest absolute Gasteiger partial charge is 0.746 e. The maximum absolute atomic E-state index is 10.9. The van der Waals surface area contributed by atoms with Crippen LogP contribution in [0.25, 0.3) is 0 Å². The molecule has 0 saturated carbocycles. The molecule has 1 unspecified atom stereocenters. The molecule has 0 aliphatic rings. The molecule has 0 fully saturated rings. The number of methoxy groups -OCH3 is 2. The fourth-order valence-corrected chi connectivity index (χ4v) is 1.80. The Morgan fingerprint density at radius 1 is 1.26 bits per heavy atom. The van der Waals surface area contributed by atoms with E-state index >= 15 is 0 Å². The topological polar surface area (TPSA) is 95.9 Å². The van der Waals surface area contributed by atoms with Crippen LogP contribution in [-0.4, -0.2) is 37.2 Å². The van der Waals surface area contributed by atoms with Gasteiger partial charge >= 0.3 is 29.6 Å². The summed E-state index contributed by atoms with van der Waals surface area (Å²) in [5.74, 6) is 0.875. The van der Waals surface area contributed by atoms with Crippen LogP contribution < -0.4 is 39.0 Å². The SMILES string of the molecule is COc1ccc(CC(C)(O)S(=O)(=O)[O-])cc1OC.[Na+]. The predicted molar refractivity (Wildman–Crippen MR) is 63.6 cm³/mol. The third-order valence-electron chi connectivity index (χ3n) is 2.52. The quantitative estimate of drug-likeness (QED) is 0.477. The maximum Gasteiger partial charge on any atom is 1.00 e. The second kappa shape index (κ2) is 6.92. The van der Waals surface area contributed by atoms with Gasteiger partial charge in [-0.25, -0.2) is 8.42 Å². The van der Waals surface area contributed by atoms with E-state index in [9.17, 15) is 18.1 Å². The van der Waals surface area contributed by atoms with Crippen LogP contribution in [0.4, 0.5) is 0 Å². The van der Waals surface area contributed by atoms with Crippen LogP contribution in [0.15, 0.2) is 18.2 Å². The van der Waals surface area contributed by atoms with E-state index in [0.29, 0.717) is 17.1 Å². The minimum Gasteiger partial charge on any atom is -0.746 e. The first-order valence-electron chi connectivity index (χ1n) is 5.10. The summed E-state index contributed by atoms with van der Waals surface area (Å²) in [5, 5.41) is 9.62. The van der Waals surface area contributed by atoms with Crippen LogP contribution in [-0.2, 0) is 16.5 Å². The van der Waals surface area contributed by atoms with Gasteiger partial charge in [0, 0.05) is 6.42 Å². The van der Waals surface area contributed by atoms with E-state index < -0.39 is 15.1 Å². The Hall–Kier alpha value is -0.310. The van der Waals surface area contributed by atoms with Crippen LogP contribution in [0, 0.1) is 0 Å². The molecule has 1 N–H and O–H groups in total. The summed E-state index contributed by atoms with van der Waals surface area (Å²) < 4.78 is 42.7. The van der Waals surface area contributed by atoms with E-state index in [1.54, 1.807) is 12.1 Å². The molecule has 1 atom stereocenters. The van der Waals surface area contributed by atoms with Crippen LogP contribution in [0.5, 0.6) is 11.5 Å². The summed E-state index contributed by atoms with van der Waals surface area (Å²) in [6.45, 7) is 0.964. The Bertz CT molecular complexity index is 526. The zero-order valence-electron chi connectivity index (χ0n) is 11.3. The van der Waals surface area contributed by atoms with Crippen LogP contribution in [0.1, 0.15) is 12.5 Å². The van der Waals surface area contributed by atoms with Crippen LogP contribution >= 0.6 is 0 Å². The monoisotopic (exact) mass is 298 g/mol. The largest absolute Gasteiger partial charge is 1.00 e. The van der Waals surface area contributed by atoms with E-state index in [1.807, 2.05) is 0 Å². The molecule has 0 aromatic heterocycles. The van der Waals surface area contributed by atoms with Crippen molar-refractivity contribution < 1.29 is 57.1 Å². The first-order chi connectivity index (χ1) is 8.21. The zero-order chi connectivity index (χ0) is 14.0. The Kier molecular flexibility index (Phi) is 6.80. The predicted octanol–water partition coefficient (Wildman–Crippen LogP) is -2.50. The molecule has 8 heteroatoms. The van der Waals surface area contributed by atoms with Gasteiger partial charge in [-0.2, -0.15) is 0 Å². The van der Waals surface area contributed by atoms with Crippen molar-refractivity contribution in [2.24, 2.45) is 0 Å². The summed E-state index contributed by atoms with van der Waals surface area (Å²) in [6, 6.07) is 4.64. The third kappa shape index (κ3) is 4.62. The minimum atomic E-state index is -4.80. The summed E-state index contributed by atoms with van der Waals surface area (Å²) in [5.41, 5.74) is 0.456. The molecule has 0 aliphatic heterocycles. The maximum atomic E-state index is 10.9. The molecule has 0 aliphatic carbocycles. The molecule has 0 amide bonds. The second-order valence-electron chi connectivity index (χ2n) is 4.00. The molecule has 1 rings (SSSR count). The molecule has 0 heterocycles. The Morgan fingerprint density at radius 3 is 2.21 bits per heavy atom. The van der Waals surface area contributed by atoms with E-state index in [1.165, 1.54) is 20.3 Å². The van der Waals surface area contributed by atoms with Crippen LogP contribution in [0.2, 0.25) is 0 Å². The number of rotatable bonds is 5. The van der Waals surface area contributed by atoms with Gasteiger partial charge in [-0.05, 0) is 24.6 Å². The summed E-state index contributed by atoms with van der Waals surface area (Å²) >= 11 is 0. The van der Waals surface area contributed by atoms with Gasteiger partial charge in [0.05, 0.1) is 14.2 Å². The van der Waals surface area contributed by atoms with E-state index in [4.69, 9.17) is 9.47 Å². The van der Waals surface area contributed by atoms with Gasteiger partial charge < -0.3 is 19.1 Å². The standard InChI is InChI=1S/C11H16O6S.Na/c1-11(12,18(13,14)15)7-8-4-5-9(16-2)10(6-8)17-3;/h4-6,12H,7H2,1-3H3,(H,13,14,15);/q;+1/p-1. The molecule has 1 aromatic rings. The Labute approximate surface area is 134 Å². The van der Waals surface area contributed by atoms with Crippen molar-refractivity contribution in [2.45, 2.75) is 18.3 Å². The number of hydrogen-bond acceptors (Lipinski definition) is 6. The number of benzene rings is 1. The van der Waals surface area contributed by atoms with Gasteiger partial charge in [-0.1, -0.05) is 6.07 Å². The minimum absolute atomic E-state index is 0. The van der Waals surface area contributed by atoms with Crippen molar-refractivity contribution in [3.63, 3.8) is 0 Å². The van der Waals surface area contributed by atoms with Crippen LogP contribution in [0.3, 0.4) is 0 Å². The molecule has 19 heavy (non-hydrogen) atoms. The zero-order valence-corrected chi connectivity index (χ0v) is 14.2. The summed E-state index contributed by atoms with van der Waals surface area (Å²) in [7, 11) is -1.90. The average Bonchev–Trinajstić information content (AvgIpc) is 2.26. The van der Waals surface area contributed by atoms with Crippen molar-refractivity contribution in [3.05, 3.63) is 23.8 Å². The fraction of sp³-hybridized carbons (Fsp3) is 0.455. The van der Waals surface area contributed by atoms with E-state index in [0.717, 1.165) is 6.92 Å². The van der Waals surface area contributed by atoms with Gasteiger partial charge in [0.2, 0.25) is 0 Å². The van der Waals surface area contributed by atoms with Gasteiger partial charge in [0.25, 0.3) is 0 Å².